The van der Waals surface area contributed by atoms with E-state index in [1.54, 1.807) is 11.3 Å². The number of rotatable bonds is 0. The fourth-order valence-corrected chi connectivity index (χ4v) is 1.97. The molecule has 0 aromatic carbocycles. The average Bonchev–Trinajstić information content (AvgIpc) is 2.31. The molecule has 0 radical (unpaired) electrons. The summed E-state index contributed by atoms with van der Waals surface area (Å²) in [6.07, 6.45) is 2.16. The molecule has 0 unspecified atom stereocenters. The van der Waals surface area contributed by atoms with Gasteiger partial charge in [-0.05, 0) is 11.4 Å². The van der Waals surface area contributed by atoms with Gasteiger partial charge in [0.15, 0.2) is 0 Å². The lowest BCUT2D eigenvalue weighted by molar-refractivity contribution is 0.511. The lowest BCUT2D eigenvalue weighted by atomic mass is 10.5. The Morgan fingerprint density at radius 3 is 3.45 bits per heavy atom. The highest BCUT2D eigenvalue weighted by atomic mass is 32.1. The minimum atomic E-state index is 0.913. The van der Waals surface area contributed by atoms with Gasteiger partial charge in [-0.25, -0.2) is 0 Å². The lowest BCUT2D eigenvalue weighted by Crippen LogP contribution is -2.19. The smallest absolute Gasteiger partial charge is 0.0769 e. The summed E-state index contributed by atoms with van der Waals surface area (Å²) in [4.78, 5) is 6.62. The van der Waals surface area contributed by atoms with Crippen LogP contribution in [0.1, 0.15) is 0 Å². The first-order valence-electron chi connectivity index (χ1n) is 3.66. The maximum atomic E-state index is 4.43. The molecule has 0 aliphatic carbocycles. The van der Waals surface area contributed by atoms with Crippen LogP contribution in [0, 0.1) is 0 Å². The Morgan fingerprint density at radius 1 is 1.64 bits per heavy atom. The van der Waals surface area contributed by atoms with Crippen molar-refractivity contribution in [1.29, 1.82) is 0 Å². The highest BCUT2D eigenvalue weighted by molar-refractivity contribution is 7.07. The van der Waals surface area contributed by atoms with Crippen molar-refractivity contribution in [2.45, 2.75) is 0 Å². The number of hydrogen-bond acceptors (Lipinski definition) is 3. The molecule has 58 valence electrons. The monoisotopic (exact) mass is 166 g/mol. The van der Waals surface area contributed by atoms with E-state index in [0.717, 1.165) is 18.4 Å². The Balaban J connectivity index is 2.65. The van der Waals surface area contributed by atoms with E-state index in [2.05, 4.69) is 34.6 Å². The Hall–Kier alpha value is -0.830. The van der Waals surface area contributed by atoms with Gasteiger partial charge in [0.25, 0.3) is 0 Å². The molecule has 0 saturated heterocycles. The van der Waals surface area contributed by atoms with Gasteiger partial charge >= 0.3 is 0 Å². The van der Waals surface area contributed by atoms with Gasteiger partial charge < -0.3 is 4.90 Å². The number of hydrogen-bond donors (Lipinski definition) is 0. The van der Waals surface area contributed by atoms with Crippen molar-refractivity contribution in [1.82, 2.24) is 4.90 Å². The molecule has 2 nitrogen and oxygen atoms in total. The second kappa shape index (κ2) is 2.66. The van der Waals surface area contributed by atoms with Gasteiger partial charge in [-0.2, -0.15) is 0 Å². The predicted octanol–water partition coefficient (Wildman–Crippen LogP) is 0.0511. The average molecular weight is 166 g/mol. The largest absolute Gasteiger partial charge is 0.377 e. The molecule has 1 aromatic heterocycles. The molecule has 0 bridgehead atoms. The maximum absolute atomic E-state index is 4.43. The summed E-state index contributed by atoms with van der Waals surface area (Å²) in [5, 5.41) is 3.24. The maximum Gasteiger partial charge on any atom is 0.0769 e. The molecule has 1 aromatic rings. The summed E-state index contributed by atoms with van der Waals surface area (Å²) >= 11 is 1.75. The molecule has 2 rings (SSSR count). The summed E-state index contributed by atoms with van der Waals surface area (Å²) in [7, 11) is 2.09. The number of nitrogens with zero attached hydrogens (tertiary/aromatic N) is 2. The quantitative estimate of drug-likeness (QED) is 0.532. The van der Waals surface area contributed by atoms with Crippen LogP contribution < -0.4 is 9.89 Å². The molecular formula is C8H10N2S. The van der Waals surface area contributed by atoms with E-state index in [0.29, 0.717) is 0 Å². The van der Waals surface area contributed by atoms with Crippen molar-refractivity contribution in [3.63, 3.8) is 0 Å². The number of fused-ring (bicyclic) bond motifs is 1. The van der Waals surface area contributed by atoms with E-state index in [1.165, 1.54) is 4.53 Å². The fourth-order valence-electron chi connectivity index (χ4n) is 1.13. The molecule has 0 N–H and O–H groups in total. The first-order chi connectivity index (χ1) is 5.36. The third-order valence-electron chi connectivity index (χ3n) is 1.75. The molecule has 1 aliphatic heterocycles. The molecule has 0 spiro atoms. The van der Waals surface area contributed by atoms with Gasteiger partial charge in [0.2, 0.25) is 0 Å². The van der Waals surface area contributed by atoms with Crippen LogP contribution in [0.2, 0.25) is 0 Å². The fraction of sp³-hybridized carbons (Fsp3) is 0.375. The summed E-state index contributed by atoms with van der Waals surface area (Å²) in [5.41, 5.74) is 0. The topological polar surface area (TPSA) is 15.6 Å². The number of likely N-dealkylation sites (N-methyl/N-ethyl adjacent to an activating group) is 1. The van der Waals surface area contributed by atoms with Crippen molar-refractivity contribution in [3.8, 4) is 0 Å². The summed E-state index contributed by atoms with van der Waals surface area (Å²) in [6.45, 7) is 1.94. The minimum absolute atomic E-state index is 0.913. The zero-order valence-corrected chi connectivity index (χ0v) is 7.27. The van der Waals surface area contributed by atoms with Crippen LogP contribution >= 0.6 is 11.3 Å². The van der Waals surface area contributed by atoms with Crippen LogP contribution in [-0.2, 0) is 0 Å². The third-order valence-corrected chi connectivity index (χ3v) is 2.59. The Morgan fingerprint density at radius 2 is 2.55 bits per heavy atom. The SMILES string of the molecule is CN1C=c2sccc2=NCC1. The molecule has 3 heteroatoms. The summed E-state index contributed by atoms with van der Waals surface area (Å²) in [5.74, 6) is 0. The normalized spacial score (nSPS) is 16.3. The molecule has 11 heavy (non-hydrogen) atoms. The Bertz CT molecular complexity index is 352. The molecule has 0 amide bonds. The standard InChI is InChI=1S/C8H10N2S/c1-10-4-3-9-7-2-5-11-8(7)6-10/h2,5-6H,3-4H2,1H3. The van der Waals surface area contributed by atoms with Gasteiger partial charge in [-0.1, -0.05) is 0 Å². The third kappa shape index (κ3) is 1.28. The highest BCUT2D eigenvalue weighted by Crippen LogP contribution is 1.89. The van der Waals surface area contributed by atoms with E-state index < -0.39 is 0 Å². The van der Waals surface area contributed by atoms with Crippen LogP contribution in [-0.4, -0.2) is 25.0 Å². The predicted molar refractivity (Wildman–Crippen MR) is 47.1 cm³/mol. The van der Waals surface area contributed by atoms with E-state index in [1.807, 2.05) is 0 Å². The van der Waals surface area contributed by atoms with Crippen molar-refractivity contribution in [3.05, 3.63) is 21.3 Å². The van der Waals surface area contributed by atoms with E-state index in [4.69, 9.17) is 0 Å². The Kier molecular flexibility index (Phi) is 1.66. The van der Waals surface area contributed by atoms with Gasteiger partial charge in [-0.15, -0.1) is 11.3 Å². The zero-order chi connectivity index (χ0) is 7.68. The molecule has 0 saturated carbocycles. The molecule has 2 heterocycles. The highest BCUT2D eigenvalue weighted by Gasteiger charge is 1.97. The van der Waals surface area contributed by atoms with Crippen LogP contribution in [0.5, 0.6) is 0 Å². The van der Waals surface area contributed by atoms with Gasteiger partial charge in [0.1, 0.15) is 0 Å². The van der Waals surface area contributed by atoms with Gasteiger partial charge in [0, 0.05) is 19.8 Å². The van der Waals surface area contributed by atoms with Crippen molar-refractivity contribution in [2.75, 3.05) is 20.1 Å². The van der Waals surface area contributed by atoms with Crippen LogP contribution in [0.3, 0.4) is 0 Å². The van der Waals surface area contributed by atoms with Gasteiger partial charge in [-0.3, -0.25) is 4.99 Å². The molecule has 1 aliphatic rings. The van der Waals surface area contributed by atoms with E-state index in [-0.39, 0.29) is 0 Å². The number of thiophene rings is 1. The van der Waals surface area contributed by atoms with E-state index in [9.17, 15) is 0 Å². The van der Waals surface area contributed by atoms with Crippen LogP contribution in [0.25, 0.3) is 6.20 Å². The second-order valence-electron chi connectivity index (χ2n) is 2.66. The van der Waals surface area contributed by atoms with Crippen molar-refractivity contribution in [2.24, 2.45) is 4.99 Å². The Labute approximate surface area is 69.5 Å². The van der Waals surface area contributed by atoms with Crippen LogP contribution in [0.4, 0.5) is 0 Å². The zero-order valence-electron chi connectivity index (χ0n) is 6.45. The first kappa shape index (κ1) is 6.85. The molecular weight excluding hydrogens is 156 g/mol. The summed E-state index contributed by atoms with van der Waals surface area (Å²) in [6, 6.07) is 2.08. The lowest BCUT2D eigenvalue weighted by Gasteiger charge is -2.08. The van der Waals surface area contributed by atoms with Crippen molar-refractivity contribution >= 4 is 17.5 Å². The molecule has 0 atom stereocenters. The molecule has 0 fully saturated rings. The van der Waals surface area contributed by atoms with Gasteiger partial charge in [0.05, 0.1) is 16.4 Å². The van der Waals surface area contributed by atoms with Crippen LogP contribution in [0.15, 0.2) is 16.4 Å². The van der Waals surface area contributed by atoms with E-state index >= 15 is 0 Å². The summed E-state index contributed by atoms with van der Waals surface area (Å²) < 4.78 is 1.28. The van der Waals surface area contributed by atoms with Crippen molar-refractivity contribution < 1.29 is 0 Å². The minimum Gasteiger partial charge on any atom is -0.377 e. The second-order valence-corrected chi connectivity index (χ2v) is 3.61. The first-order valence-corrected chi connectivity index (χ1v) is 4.54.